The number of imidazole rings is 1. The van der Waals surface area contributed by atoms with E-state index in [4.69, 9.17) is 24.3 Å². The molecule has 0 aliphatic carbocycles. The van der Waals surface area contributed by atoms with Crippen molar-refractivity contribution in [2.24, 2.45) is 0 Å². The summed E-state index contributed by atoms with van der Waals surface area (Å²) >= 11 is 0. The molecule has 2 aromatic heterocycles. The van der Waals surface area contributed by atoms with E-state index in [2.05, 4.69) is 15.4 Å². The maximum absolute atomic E-state index is 13.1. The number of carbonyl (C=O) groups excluding carboxylic acids is 1. The number of aromatic nitrogens is 4. The number of rotatable bonds is 10. The van der Waals surface area contributed by atoms with E-state index in [0.29, 0.717) is 35.2 Å². The Morgan fingerprint density at radius 1 is 1.00 bits per heavy atom. The summed E-state index contributed by atoms with van der Waals surface area (Å²) in [6.07, 6.45) is 0. The van der Waals surface area contributed by atoms with Gasteiger partial charge in [0, 0.05) is 11.6 Å². The van der Waals surface area contributed by atoms with E-state index in [9.17, 15) is 4.79 Å². The molecule has 3 N–H and O–H groups in total. The molecule has 0 atom stereocenters. The molecular weight excluding hydrogens is 486 g/mol. The fraction of sp³-hybridized carbons (Fsp3) is 0.179. The molecule has 0 fully saturated rings. The van der Waals surface area contributed by atoms with Crippen LogP contribution in [0.1, 0.15) is 15.9 Å². The molecule has 0 radical (unpaired) electrons. The van der Waals surface area contributed by atoms with Gasteiger partial charge in [-0.3, -0.25) is 9.48 Å². The molecule has 2 heterocycles. The third-order valence-corrected chi connectivity index (χ3v) is 5.92. The van der Waals surface area contributed by atoms with Crippen LogP contribution in [0.4, 0.5) is 5.82 Å². The number of amides is 1. The fourth-order valence-corrected chi connectivity index (χ4v) is 4.04. The number of hydrogen-bond donors (Lipinski definition) is 3. The van der Waals surface area contributed by atoms with Crippen molar-refractivity contribution in [3.05, 3.63) is 83.9 Å². The maximum atomic E-state index is 13.1. The lowest BCUT2D eigenvalue weighted by atomic mass is 10.2. The third-order valence-electron chi connectivity index (χ3n) is 5.92. The Bertz CT molecular complexity index is 1520. The standard InChI is InChI=1S/C28H27N5O5/c1-36-20-10-7-18(8-11-20)17-33-23(27-29-21-5-3-4-6-22(21)30-27)16-26(32-33)31-28(35)19-9-12-24(38-14-13-34)25(15-19)37-2/h3-12,15-16,34H,13-14,17H2,1-2H3,(H,29,30)(H,31,32,35). The first-order chi connectivity index (χ1) is 18.6. The van der Waals surface area contributed by atoms with Gasteiger partial charge < -0.3 is 29.6 Å². The number of nitrogens with zero attached hydrogens (tertiary/aromatic N) is 3. The lowest BCUT2D eigenvalue weighted by molar-refractivity contribution is 0.102. The summed E-state index contributed by atoms with van der Waals surface area (Å²) < 4.78 is 17.9. The number of benzene rings is 3. The molecule has 0 unspecified atom stereocenters. The summed E-state index contributed by atoms with van der Waals surface area (Å²) in [5, 5.41) is 16.6. The van der Waals surface area contributed by atoms with Crippen molar-refractivity contribution in [3.8, 4) is 28.8 Å². The Kier molecular flexibility index (Phi) is 7.23. The highest BCUT2D eigenvalue weighted by Gasteiger charge is 2.18. The van der Waals surface area contributed by atoms with Gasteiger partial charge in [0.1, 0.15) is 18.1 Å². The molecule has 0 spiro atoms. The van der Waals surface area contributed by atoms with Crippen LogP contribution in [0.15, 0.2) is 72.8 Å². The topological polar surface area (TPSA) is 124 Å². The van der Waals surface area contributed by atoms with Gasteiger partial charge in [0.25, 0.3) is 5.91 Å². The Labute approximate surface area is 218 Å². The second kappa shape index (κ2) is 11.1. The van der Waals surface area contributed by atoms with Crippen LogP contribution < -0.4 is 19.5 Å². The number of methoxy groups -OCH3 is 2. The molecular formula is C28H27N5O5. The number of nitrogens with one attached hydrogen (secondary N) is 2. The van der Waals surface area contributed by atoms with Crippen molar-refractivity contribution in [2.75, 3.05) is 32.8 Å². The zero-order valence-electron chi connectivity index (χ0n) is 21.0. The summed E-state index contributed by atoms with van der Waals surface area (Å²) in [6.45, 7) is 0.452. The Morgan fingerprint density at radius 3 is 2.55 bits per heavy atom. The van der Waals surface area contributed by atoms with Crippen LogP contribution in [-0.4, -0.2) is 58.2 Å². The van der Waals surface area contributed by atoms with Crippen molar-refractivity contribution in [1.82, 2.24) is 19.7 Å². The largest absolute Gasteiger partial charge is 0.497 e. The van der Waals surface area contributed by atoms with Gasteiger partial charge >= 0.3 is 0 Å². The number of para-hydroxylation sites is 2. The normalized spacial score (nSPS) is 10.9. The van der Waals surface area contributed by atoms with Crippen molar-refractivity contribution < 1.29 is 24.1 Å². The first-order valence-electron chi connectivity index (χ1n) is 12.0. The second-order valence-corrected chi connectivity index (χ2v) is 8.41. The molecule has 5 rings (SSSR count). The smallest absolute Gasteiger partial charge is 0.257 e. The monoisotopic (exact) mass is 513 g/mol. The van der Waals surface area contributed by atoms with Crippen molar-refractivity contribution >= 4 is 22.8 Å². The number of carbonyl (C=O) groups is 1. The number of H-pyrrole nitrogens is 1. The lowest BCUT2D eigenvalue weighted by Gasteiger charge is -2.11. The summed E-state index contributed by atoms with van der Waals surface area (Å²) in [5.74, 6) is 2.25. The molecule has 3 aromatic carbocycles. The van der Waals surface area contributed by atoms with Gasteiger partial charge in [0.2, 0.25) is 0 Å². The molecule has 0 saturated heterocycles. The second-order valence-electron chi connectivity index (χ2n) is 8.41. The molecule has 0 saturated carbocycles. The number of hydrogen-bond acceptors (Lipinski definition) is 7. The quantitative estimate of drug-likeness (QED) is 0.257. The Morgan fingerprint density at radius 2 is 1.82 bits per heavy atom. The van der Waals surface area contributed by atoms with Crippen molar-refractivity contribution in [2.45, 2.75) is 6.54 Å². The molecule has 10 heteroatoms. The number of fused-ring (bicyclic) bond motifs is 1. The first-order valence-corrected chi connectivity index (χ1v) is 12.0. The van der Waals surface area contributed by atoms with Crippen molar-refractivity contribution in [1.29, 1.82) is 0 Å². The Balaban J connectivity index is 1.45. The van der Waals surface area contributed by atoms with Gasteiger partial charge in [0.15, 0.2) is 23.1 Å². The molecule has 1 amide bonds. The maximum Gasteiger partial charge on any atom is 0.257 e. The minimum atomic E-state index is -0.359. The minimum Gasteiger partial charge on any atom is -0.497 e. The first kappa shape index (κ1) is 24.8. The van der Waals surface area contributed by atoms with E-state index in [-0.39, 0.29) is 19.1 Å². The summed E-state index contributed by atoms with van der Waals surface area (Å²) in [7, 11) is 3.12. The van der Waals surface area contributed by atoms with E-state index in [0.717, 1.165) is 28.0 Å². The SMILES string of the molecule is COc1ccc(Cn2nc(NC(=O)c3ccc(OCCO)c(OC)c3)cc2-c2nc3ccccc3[nH]2)cc1. The van der Waals surface area contributed by atoms with Gasteiger partial charge in [0.05, 0.1) is 38.4 Å². The summed E-state index contributed by atoms with van der Waals surface area (Å²) in [5.41, 5.74) is 3.83. The minimum absolute atomic E-state index is 0.123. The third kappa shape index (κ3) is 5.30. The number of aromatic amines is 1. The van der Waals surface area contributed by atoms with Gasteiger partial charge in [-0.2, -0.15) is 5.10 Å². The van der Waals surface area contributed by atoms with Crippen LogP contribution in [0.5, 0.6) is 17.2 Å². The van der Waals surface area contributed by atoms with Gasteiger partial charge in [-0.05, 0) is 48.0 Å². The van der Waals surface area contributed by atoms with Gasteiger partial charge in [-0.1, -0.05) is 24.3 Å². The number of ether oxygens (including phenoxy) is 3. The average molecular weight is 514 g/mol. The molecule has 0 aliphatic heterocycles. The molecule has 194 valence electrons. The zero-order valence-corrected chi connectivity index (χ0v) is 21.0. The molecule has 0 aliphatic rings. The molecule has 10 nitrogen and oxygen atoms in total. The zero-order chi connectivity index (χ0) is 26.5. The summed E-state index contributed by atoms with van der Waals surface area (Å²) in [6, 6.07) is 22.1. The average Bonchev–Trinajstić information content (AvgIpc) is 3.55. The van der Waals surface area contributed by atoms with Crippen molar-refractivity contribution in [3.63, 3.8) is 0 Å². The van der Waals surface area contributed by atoms with E-state index < -0.39 is 0 Å². The molecule has 38 heavy (non-hydrogen) atoms. The van der Waals surface area contributed by atoms with E-state index in [1.54, 1.807) is 36.1 Å². The van der Waals surface area contributed by atoms with Crippen LogP contribution in [0.2, 0.25) is 0 Å². The van der Waals surface area contributed by atoms with Crippen LogP contribution in [0.25, 0.3) is 22.6 Å². The molecule has 5 aromatic rings. The molecule has 0 bridgehead atoms. The lowest BCUT2D eigenvalue weighted by Crippen LogP contribution is -2.13. The van der Waals surface area contributed by atoms with Gasteiger partial charge in [-0.25, -0.2) is 4.98 Å². The number of aliphatic hydroxyl groups is 1. The number of aliphatic hydroxyl groups excluding tert-OH is 1. The van der Waals surface area contributed by atoms with Crippen LogP contribution in [0.3, 0.4) is 0 Å². The van der Waals surface area contributed by atoms with Crippen LogP contribution in [-0.2, 0) is 6.54 Å². The van der Waals surface area contributed by atoms with Crippen LogP contribution >= 0.6 is 0 Å². The fourth-order valence-electron chi connectivity index (χ4n) is 4.04. The number of anilines is 1. The van der Waals surface area contributed by atoms with Gasteiger partial charge in [-0.15, -0.1) is 0 Å². The van der Waals surface area contributed by atoms with E-state index in [1.165, 1.54) is 7.11 Å². The highest BCUT2D eigenvalue weighted by Crippen LogP contribution is 2.29. The highest BCUT2D eigenvalue weighted by atomic mass is 16.5. The predicted molar refractivity (Wildman–Crippen MR) is 143 cm³/mol. The van der Waals surface area contributed by atoms with E-state index in [1.807, 2.05) is 48.5 Å². The van der Waals surface area contributed by atoms with Crippen LogP contribution in [0, 0.1) is 0 Å². The summed E-state index contributed by atoms with van der Waals surface area (Å²) in [4.78, 5) is 21.2. The Hall–Kier alpha value is -4.83. The highest BCUT2D eigenvalue weighted by molar-refractivity contribution is 6.04. The predicted octanol–water partition coefficient (Wildman–Crippen LogP) is 4.12. The van der Waals surface area contributed by atoms with E-state index >= 15 is 0 Å².